The number of carbonyl (C=O) groups is 1. The second kappa shape index (κ2) is 8.35. The molecule has 0 spiro atoms. The minimum Gasteiger partial charge on any atom is -0.496 e. The number of carbonyl (C=O) groups excluding carboxylic acids is 1. The van der Waals surface area contributed by atoms with Gasteiger partial charge in [-0.2, -0.15) is 0 Å². The van der Waals surface area contributed by atoms with Crippen molar-refractivity contribution in [1.82, 2.24) is 14.8 Å². The molecule has 0 atom stereocenters. The van der Waals surface area contributed by atoms with Gasteiger partial charge >= 0.3 is 0 Å². The number of primary amides is 1. The minimum atomic E-state index is -0.326. The van der Waals surface area contributed by atoms with Crippen molar-refractivity contribution in [3.63, 3.8) is 0 Å². The van der Waals surface area contributed by atoms with Crippen molar-refractivity contribution in [3.8, 4) is 5.75 Å². The van der Waals surface area contributed by atoms with Crippen molar-refractivity contribution in [1.29, 1.82) is 0 Å². The number of halogens is 1. The lowest BCUT2D eigenvalue weighted by Crippen LogP contribution is -2.13. The number of nitrogens with two attached hydrogens (primary N) is 1. The highest BCUT2D eigenvalue weighted by Crippen LogP contribution is 2.29. The number of hydrogen-bond donors (Lipinski definition) is 1. The van der Waals surface area contributed by atoms with Gasteiger partial charge in [0.15, 0.2) is 5.16 Å². The van der Waals surface area contributed by atoms with Gasteiger partial charge in [-0.05, 0) is 40.5 Å². The summed E-state index contributed by atoms with van der Waals surface area (Å²) in [6.45, 7) is 2.79. The van der Waals surface area contributed by atoms with Crippen LogP contribution in [0.2, 0.25) is 0 Å². The van der Waals surface area contributed by atoms with Crippen LogP contribution in [0.4, 0.5) is 0 Å². The molecule has 2 aromatic rings. The van der Waals surface area contributed by atoms with Crippen LogP contribution < -0.4 is 10.5 Å². The summed E-state index contributed by atoms with van der Waals surface area (Å²) in [7, 11) is 1.64. The van der Waals surface area contributed by atoms with Gasteiger partial charge in [0, 0.05) is 25.1 Å². The molecule has 2 rings (SSSR count). The molecular weight excluding hydrogens is 380 g/mol. The highest BCUT2D eigenvalue weighted by molar-refractivity contribution is 9.10. The molecule has 0 fully saturated rings. The average molecular weight is 399 g/mol. The molecule has 0 unspecified atom stereocenters. The molecule has 0 aliphatic heterocycles. The summed E-state index contributed by atoms with van der Waals surface area (Å²) in [6, 6.07) is 5.99. The molecule has 6 nitrogen and oxygen atoms in total. The van der Waals surface area contributed by atoms with E-state index in [9.17, 15) is 4.79 Å². The summed E-state index contributed by atoms with van der Waals surface area (Å²) in [5.41, 5.74) is 6.35. The summed E-state index contributed by atoms with van der Waals surface area (Å²) in [5.74, 6) is 2.05. The van der Waals surface area contributed by atoms with Crippen LogP contribution >= 0.6 is 27.7 Å². The van der Waals surface area contributed by atoms with Crippen LogP contribution in [0.5, 0.6) is 5.75 Å². The topological polar surface area (TPSA) is 83.0 Å². The molecule has 1 heterocycles. The minimum absolute atomic E-state index is 0.286. The number of nitrogens with zero attached hydrogens (tertiary/aromatic N) is 3. The van der Waals surface area contributed by atoms with E-state index in [0.29, 0.717) is 6.42 Å². The van der Waals surface area contributed by atoms with Gasteiger partial charge in [-0.1, -0.05) is 17.8 Å². The number of hydrogen-bond acceptors (Lipinski definition) is 5. The van der Waals surface area contributed by atoms with Crippen molar-refractivity contribution in [2.45, 2.75) is 37.2 Å². The van der Waals surface area contributed by atoms with E-state index < -0.39 is 0 Å². The first-order valence-electron chi connectivity index (χ1n) is 7.20. The molecule has 0 saturated carbocycles. The van der Waals surface area contributed by atoms with E-state index >= 15 is 0 Å². The molecule has 2 N–H and O–H groups in total. The van der Waals surface area contributed by atoms with Crippen LogP contribution in [0, 0.1) is 0 Å². The Morgan fingerprint density at radius 1 is 1.43 bits per heavy atom. The van der Waals surface area contributed by atoms with E-state index in [2.05, 4.69) is 26.1 Å². The Kier molecular flexibility index (Phi) is 6.47. The SMILES string of the molecule is CCn1c(CCC(N)=O)nnc1SCc1ccc(OC)c(Br)c1. The molecule has 1 amide bonds. The smallest absolute Gasteiger partial charge is 0.217 e. The third-order valence-corrected chi connectivity index (χ3v) is 4.95. The van der Waals surface area contributed by atoms with Gasteiger partial charge in [-0.15, -0.1) is 10.2 Å². The van der Waals surface area contributed by atoms with Gasteiger partial charge < -0.3 is 15.0 Å². The van der Waals surface area contributed by atoms with Crippen LogP contribution in [0.1, 0.15) is 24.7 Å². The van der Waals surface area contributed by atoms with Crippen LogP contribution in [-0.2, 0) is 23.5 Å². The first-order valence-corrected chi connectivity index (χ1v) is 8.98. The third kappa shape index (κ3) is 4.71. The van der Waals surface area contributed by atoms with E-state index in [-0.39, 0.29) is 12.3 Å². The number of methoxy groups -OCH3 is 1. The van der Waals surface area contributed by atoms with Crippen LogP contribution in [-0.4, -0.2) is 27.8 Å². The molecule has 0 saturated heterocycles. The maximum absolute atomic E-state index is 10.9. The third-order valence-electron chi connectivity index (χ3n) is 3.29. The van der Waals surface area contributed by atoms with E-state index in [1.807, 2.05) is 29.7 Å². The molecule has 0 radical (unpaired) electrons. The van der Waals surface area contributed by atoms with Gasteiger partial charge in [0.25, 0.3) is 0 Å². The number of rotatable bonds is 8. The number of aromatic nitrogens is 3. The summed E-state index contributed by atoms with van der Waals surface area (Å²) in [5, 5.41) is 9.24. The van der Waals surface area contributed by atoms with Crippen LogP contribution in [0.3, 0.4) is 0 Å². The van der Waals surface area contributed by atoms with Gasteiger partial charge in [-0.25, -0.2) is 0 Å². The Balaban J connectivity index is 2.05. The molecule has 0 aliphatic rings. The Hall–Kier alpha value is -1.54. The fourth-order valence-electron chi connectivity index (χ4n) is 2.11. The predicted molar refractivity (Wildman–Crippen MR) is 93.5 cm³/mol. The zero-order chi connectivity index (χ0) is 16.8. The number of thioether (sulfide) groups is 1. The lowest BCUT2D eigenvalue weighted by Gasteiger charge is -2.08. The van der Waals surface area contributed by atoms with E-state index in [1.54, 1.807) is 18.9 Å². The molecule has 0 bridgehead atoms. The largest absolute Gasteiger partial charge is 0.496 e. The lowest BCUT2D eigenvalue weighted by molar-refractivity contribution is -0.118. The maximum Gasteiger partial charge on any atom is 0.217 e. The normalized spacial score (nSPS) is 10.7. The average Bonchev–Trinajstić information content (AvgIpc) is 2.93. The molecule has 23 heavy (non-hydrogen) atoms. The number of amides is 1. The van der Waals surface area contributed by atoms with Gasteiger partial charge in [0.2, 0.25) is 5.91 Å². The standard InChI is InChI=1S/C15H19BrN4O2S/c1-3-20-14(7-6-13(17)21)18-19-15(20)23-9-10-4-5-12(22-2)11(16)8-10/h4-5,8H,3,6-7,9H2,1-2H3,(H2,17,21). The van der Waals surface area contributed by atoms with Crippen molar-refractivity contribution in [2.24, 2.45) is 5.73 Å². The zero-order valence-electron chi connectivity index (χ0n) is 13.1. The quantitative estimate of drug-likeness (QED) is 0.691. The Morgan fingerprint density at radius 3 is 2.83 bits per heavy atom. The highest BCUT2D eigenvalue weighted by atomic mass is 79.9. The van der Waals surface area contributed by atoms with Crippen LogP contribution in [0.15, 0.2) is 27.8 Å². The predicted octanol–water partition coefficient (Wildman–Crippen LogP) is 2.78. The van der Waals surface area contributed by atoms with Crippen molar-refractivity contribution in [3.05, 3.63) is 34.1 Å². The fraction of sp³-hybridized carbons (Fsp3) is 0.400. The second-order valence-corrected chi connectivity index (χ2v) is 6.66. The monoisotopic (exact) mass is 398 g/mol. The summed E-state index contributed by atoms with van der Waals surface area (Å²) in [4.78, 5) is 10.9. The van der Waals surface area contributed by atoms with Crippen molar-refractivity contribution >= 4 is 33.6 Å². The van der Waals surface area contributed by atoms with Gasteiger partial charge in [-0.3, -0.25) is 4.79 Å². The Bertz CT molecular complexity index is 690. The van der Waals surface area contributed by atoms with E-state index in [4.69, 9.17) is 10.5 Å². The van der Waals surface area contributed by atoms with Crippen LogP contribution in [0.25, 0.3) is 0 Å². The molecule has 124 valence electrons. The lowest BCUT2D eigenvalue weighted by atomic mass is 10.2. The fourth-order valence-corrected chi connectivity index (χ4v) is 3.66. The first kappa shape index (κ1) is 17.8. The van der Waals surface area contributed by atoms with Crippen molar-refractivity contribution < 1.29 is 9.53 Å². The molecular formula is C15H19BrN4O2S. The molecule has 0 aliphatic carbocycles. The molecule has 1 aromatic heterocycles. The maximum atomic E-state index is 10.9. The second-order valence-electron chi connectivity index (χ2n) is 4.87. The number of benzene rings is 1. The summed E-state index contributed by atoms with van der Waals surface area (Å²) < 4.78 is 8.18. The Morgan fingerprint density at radius 2 is 2.22 bits per heavy atom. The first-order chi connectivity index (χ1) is 11.0. The number of ether oxygens (including phenoxy) is 1. The molecule has 1 aromatic carbocycles. The summed E-state index contributed by atoms with van der Waals surface area (Å²) >= 11 is 5.10. The number of aryl methyl sites for hydroxylation is 1. The van der Waals surface area contributed by atoms with Crippen molar-refractivity contribution in [2.75, 3.05) is 7.11 Å². The van der Waals surface area contributed by atoms with E-state index in [1.165, 1.54) is 0 Å². The summed E-state index contributed by atoms with van der Waals surface area (Å²) in [6.07, 6.45) is 0.805. The molecule has 8 heteroatoms. The Labute approximate surface area is 147 Å². The van der Waals surface area contributed by atoms with E-state index in [0.717, 1.165) is 39.1 Å². The van der Waals surface area contributed by atoms with Gasteiger partial charge in [0.1, 0.15) is 11.6 Å². The zero-order valence-corrected chi connectivity index (χ0v) is 15.5. The van der Waals surface area contributed by atoms with Gasteiger partial charge in [0.05, 0.1) is 11.6 Å². The highest BCUT2D eigenvalue weighted by Gasteiger charge is 2.12.